The summed E-state index contributed by atoms with van der Waals surface area (Å²) in [5, 5.41) is 12.8. The number of hydrogen-bond donors (Lipinski definition) is 1. The number of benzene rings is 1. The second kappa shape index (κ2) is 5.25. The summed E-state index contributed by atoms with van der Waals surface area (Å²) >= 11 is 0. The molecule has 1 aromatic rings. The van der Waals surface area contributed by atoms with Crippen LogP contribution in [0.4, 0.5) is 20.2 Å². The molecule has 1 aromatic carbocycles. The second-order valence-corrected chi connectivity index (χ2v) is 3.31. The van der Waals surface area contributed by atoms with Crippen LogP contribution in [0.2, 0.25) is 0 Å². The molecule has 0 radical (unpaired) electrons. The van der Waals surface area contributed by atoms with Gasteiger partial charge in [0.15, 0.2) is 11.6 Å². The van der Waals surface area contributed by atoms with E-state index in [1.165, 1.54) is 0 Å². The van der Waals surface area contributed by atoms with E-state index in [1.54, 1.807) is 6.92 Å². The van der Waals surface area contributed by atoms with E-state index in [4.69, 9.17) is 6.42 Å². The molecule has 90 valence electrons. The lowest BCUT2D eigenvalue weighted by Crippen LogP contribution is -2.17. The van der Waals surface area contributed by atoms with Crippen LogP contribution in [-0.2, 0) is 0 Å². The average molecular weight is 240 g/mol. The molecule has 1 unspecified atom stereocenters. The minimum absolute atomic E-state index is 0.444. The van der Waals surface area contributed by atoms with Crippen LogP contribution < -0.4 is 5.32 Å². The molecule has 1 atom stereocenters. The molecule has 0 amide bonds. The first-order valence-corrected chi connectivity index (χ1v) is 4.85. The topological polar surface area (TPSA) is 55.2 Å². The van der Waals surface area contributed by atoms with Gasteiger partial charge in [0, 0.05) is 0 Å². The van der Waals surface area contributed by atoms with E-state index >= 15 is 0 Å². The maximum Gasteiger partial charge on any atom is 0.275 e. The summed E-state index contributed by atoms with van der Waals surface area (Å²) in [5.74, 6) is 0.240. The van der Waals surface area contributed by atoms with Gasteiger partial charge in [0.05, 0.1) is 23.1 Å². The van der Waals surface area contributed by atoms with E-state index in [1.807, 2.05) is 0 Å². The van der Waals surface area contributed by atoms with Gasteiger partial charge in [-0.1, -0.05) is 12.8 Å². The Hall–Kier alpha value is -2.16. The third-order valence-corrected chi connectivity index (χ3v) is 2.17. The average Bonchev–Trinajstić information content (AvgIpc) is 2.28. The van der Waals surface area contributed by atoms with Gasteiger partial charge in [0.2, 0.25) is 0 Å². The maximum atomic E-state index is 13.4. The molecular formula is C11H10F2N2O2. The van der Waals surface area contributed by atoms with Crippen molar-refractivity contribution in [2.45, 2.75) is 19.4 Å². The number of anilines is 1. The van der Waals surface area contributed by atoms with Crippen LogP contribution in [0.25, 0.3) is 0 Å². The van der Waals surface area contributed by atoms with Gasteiger partial charge in [-0.3, -0.25) is 10.1 Å². The molecule has 0 heterocycles. The number of hydrogen-bond acceptors (Lipinski definition) is 3. The number of nitro benzene ring substituents is 1. The number of nitrogens with one attached hydrogen (secondary N) is 1. The predicted octanol–water partition coefficient (Wildman–Crippen LogP) is 2.70. The van der Waals surface area contributed by atoms with Crippen LogP contribution in [0, 0.1) is 34.1 Å². The lowest BCUT2D eigenvalue weighted by molar-refractivity contribution is -0.385. The Morgan fingerprint density at radius 2 is 2.06 bits per heavy atom. The third-order valence-electron chi connectivity index (χ3n) is 2.17. The molecule has 0 aliphatic heterocycles. The maximum absolute atomic E-state index is 13.4. The minimum atomic E-state index is -1.04. The summed E-state index contributed by atoms with van der Waals surface area (Å²) < 4.78 is 26.9. The first-order valence-electron chi connectivity index (χ1n) is 4.85. The van der Waals surface area contributed by atoms with E-state index in [2.05, 4.69) is 11.2 Å². The lowest BCUT2D eigenvalue weighted by atomic mass is 10.2. The zero-order valence-corrected chi connectivity index (χ0v) is 9.04. The highest BCUT2D eigenvalue weighted by molar-refractivity contribution is 5.53. The van der Waals surface area contributed by atoms with Gasteiger partial charge in [-0.05, 0) is 6.42 Å². The highest BCUT2D eigenvalue weighted by Gasteiger charge is 2.18. The van der Waals surface area contributed by atoms with Crippen LogP contribution >= 0.6 is 0 Å². The second-order valence-electron chi connectivity index (χ2n) is 3.31. The van der Waals surface area contributed by atoms with Crippen LogP contribution in [-0.4, -0.2) is 11.0 Å². The van der Waals surface area contributed by atoms with Crippen molar-refractivity contribution in [2.24, 2.45) is 0 Å². The van der Waals surface area contributed by atoms with Crippen molar-refractivity contribution in [1.29, 1.82) is 0 Å². The molecule has 0 bridgehead atoms. The summed E-state index contributed by atoms with van der Waals surface area (Å²) in [6.45, 7) is 1.75. The SMILES string of the molecule is C#CC(CC)Nc1c(F)cc([N+](=O)[O-])cc1F. The quantitative estimate of drug-likeness (QED) is 0.500. The van der Waals surface area contributed by atoms with E-state index < -0.39 is 34.0 Å². The van der Waals surface area contributed by atoms with Crippen LogP contribution in [0.15, 0.2) is 12.1 Å². The van der Waals surface area contributed by atoms with Crippen LogP contribution in [0.5, 0.6) is 0 Å². The molecule has 17 heavy (non-hydrogen) atoms. The Bertz CT molecular complexity index is 460. The third kappa shape index (κ3) is 2.91. The van der Waals surface area contributed by atoms with Crippen molar-refractivity contribution in [3.8, 4) is 12.3 Å². The fourth-order valence-corrected chi connectivity index (χ4v) is 1.24. The molecule has 0 aromatic heterocycles. The van der Waals surface area contributed by atoms with Gasteiger partial charge in [-0.15, -0.1) is 6.42 Å². The Morgan fingerprint density at radius 1 is 1.53 bits per heavy atom. The number of nitrogens with zero attached hydrogens (tertiary/aromatic N) is 1. The van der Waals surface area contributed by atoms with Crippen molar-refractivity contribution in [1.82, 2.24) is 0 Å². The summed E-state index contributed by atoms with van der Waals surface area (Å²) in [5.41, 5.74) is -1.08. The van der Waals surface area contributed by atoms with Gasteiger partial charge >= 0.3 is 0 Å². The molecule has 0 saturated heterocycles. The van der Waals surface area contributed by atoms with Gasteiger partial charge in [0.1, 0.15) is 5.69 Å². The van der Waals surface area contributed by atoms with Crippen LogP contribution in [0.3, 0.4) is 0 Å². The molecule has 0 saturated carbocycles. The number of nitro groups is 1. The lowest BCUT2D eigenvalue weighted by Gasteiger charge is -2.13. The molecule has 4 nitrogen and oxygen atoms in total. The van der Waals surface area contributed by atoms with Crippen LogP contribution in [0.1, 0.15) is 13.3 Å². The van der Waals surface area contributed by atoms with E-state index in [0.29, 0.717) is 18.6 Å². The van der Waals surface area contributed by atoms with E-state index in [-0.39, 0.29) is 0 Å². The summed E-state index contributed by atoms with van der Waals surface area (Å²) in [4.78, 5) is 9.50. The predicted molar refractivity (Wildman–Crippen MR) is 59.5 cm³/mol. The molecule has 1 rings (SSSR count). The van der Waals surface area contributed by atoms with Crippen molar-refractivity contribution >= 4 is 11.4 Å². The number of halogens is 2. The zero-order chi connectivity index (χ0) is 13.0. The van der Waals surface area contributed by atoms with E-state index in [9.17, 15) is 18.9 Å². The highest BCUT2D eigenvalue weighted by Crippen LogP contribution is 2.25. The van der Waals surface area contributed by atoms with E-state index in [0.717, 1.165) is 0 Å². The van der Waals surface area contributed by atoms with Crippen molar-refractivity contribution in [3.05, 3.63) is 33.9 Å². The van der Waals surface area contributed by atoms with Crippen molar-refractivity contribution < 1.29 is 13.7 Å². The Balaban J connectivity index is 3.10. The fraction of sp³-hybridized carbons (Fsp3) is 0.273. The first kappa shape index (κ1) is 12.9. The molecule has 1 N–H and O–H groups in total. The molecular weight excluding hydrogens is 230 g/mol. The number of non-ortho nitro benzene ring substituents is 1. The summed E-state index contributed by atoms with van der Waals surface area (Å²) in [6.07, 6.45) is 5.62. The zero-order valence-electron chi connectivity index (χ0n) is 9.04. The summed E-state index contributed by atoms with van der Waals surface area (Å²) in [6, 6.07) is 0.768. The Kier molecular flexibility index (Phi) is 3.99. The summed E-state index contributed by atoms with van der Waals surface area (Å²) in [7, 11) is 0. The van der Waals surface area contributed by atoms with Gasteiger partial charge in [-0.2, -0.15) is 0 Å². The highest BCUT2D eigenvalue weighted by atomic mass is 19.1. The molecule has 0 fully saturated rings. The monoisotopic (exact) mass is 240 g/mol. The standard InChI is InChI=1S/C11H10F2N2O2/c1-3-7(4-2)14-11-9(12)5-8(15(16)17)6-10(11)13/h1,5-7,14H,4H2,2H3. The fourth-order valence-electron chi connectivity index (χ4n) is 1.24. The van der Waals surface area contributed by atoms with Crippen molar-refractivity contribution in [3.63, 3.8) is 0 Å². The normalized spacial score (nSPS) is 11.6. The first-order chi connectivity index (χ1) is 7.99. The number of rotatable bonds is 4. The Morgan fingerprint density at radius 3 is 2.41 bits per heavy atom. The number of terminal acetylenes is 1. The Labute approximate surface area is 96.8 Å². The van der Waals surface area contributed by atoms with Gasteiger partial charge in [-0.25, -0.2) is 8.78 Å². The van der Waals surface area contributed by atoms with Gasteiger partial charge in [0.25, 0.3) is 5.69 Å². The molecule has 0 aliphatic rings. The smallest absolute Gasteiger partial charge is 0.275 e. The van der Waals surface area contributed by atoms with Gasteiger partial charge < -0.3 is 5.32 Å². The minimum Gasteiger partial charge on any atom is -0.367 e. The molecule has 0 aliphatic carbocycles. The molecule has 0 spiro atoms. The largest absolute Gasteiger partial charge is 0.367 e. The molecule has 6 heteroatoms. The van der Waals surface area contributed by atoms with Crippen molar-refractivity contribution in [2.75, 3.05) is 5.32 Å².